The van der Waals surface area contributed by atoms with Crippen LogP contribution in [0, 0.1) is 0 Å². The summed E-state index contributed by atoms with van der Waals surface area (Å²) >= 11 is 6.02. The Morgan fingerprint density at radius 2 is 2.09 bits per heavy atom. The number of hydrogen-bond donors (Lipinski definition) is 1. The zero-order chi connectivity index (χ0) is 16.5. The van der Waals surface area contributed by atoms with Crippen LogP contribution in [0.5, 0.6) is 0 Å². The number of carbonyl (C=O) groups excluding carboxylic acids is 1. The van der Waals surface area contributed by atoms with Crippen molar-refractivity contribution in [3.8, 4) is 0 Å². The Morgan fingerprint density at radius 3 is 2.68 bits per heavy atom. The maximum atomic E-state index is 12.8. The van der Waals surface area contributed by atoms with E-state index in [0.717, 1.165) is 0 Å². The molecular weight excluding hydrogens is 328 g/mol. The molecule has 0 aliphatic carbocycles. The fourth-order valence-electron chi connectivity index (χ4n) is 2.43. The van der Waals surface area contributed by atoms with Gasteiger partial charge in [-0.25, -0.2) is 13.2 Å². The van der Waals surface area contributed by atoms with E-state index in [0.29, 0.717) is 13.1 Å². The topological polar surface area (TPSA) is 75.7 Å². The molecule has 0 saturated carbocycles. The van der Waals surface area contributed by atoms with Crippen molar-refractivity contribution in [2.45, 2.75) is 30.8 Å². The summed E-state index contributed by atoms with van der Waals surface area (Å²) in [5.74, 6) is -0.599. The van der Waals surface area contributed by atoms with Crippen molar-refractivity contribution in [1.29, 1.82) is 0 Å². The van der Waals surface area contributed by atoms with E-state index < -0.39 is 16.0 Å². The third kappa shape index (κ3) is 3.12. The minimum absolute atomic E-state index is 0.0590. The number of methoxy groups -OCH3 is 1. The van der Waals surface area contributed by atoms with E-state index in [1.54, 1.807) is 0 Å². The van der Waals surface area contributed by atoms with Gasteiger partial charge in [-0.05, 0) is 32.0 Å². The van der Waals surface area contributed by atoms with Crippen molar-refractivity contribution in [2.24, 2.45) is 0 Å². The van der Waals surface area contributed by atoms with Crippen molar-refractivity contribution in [3.05, 3.63) is 28.8 Å². The summed E-state index contributed by atoms with van der Waals surface area (Å²) < 4.78 is 31.6. The summed E-state index contributed by atoms with van der Waals surface area (Å²) in [6, 6.07) is 3.94. The number of benzene rings is 1. The van der Waals surface area contributed by atoms with Crippen LogP contribution >= 0.6 is 11.6 Å². The molecule has 2 rings (SSSR count). The van der Waals surface area contributed by atoms with Crippen LogP contribution in [0.25, 0.3) is 0 Å². The number of ether oxygens (including phenoxy) is 1. The average Bonchev–Trinajstić information content (AvgIpc) is 2.49. The molecule has 0 aromatic heterocycles. The summed E-state index contributed by atoms with van der Waals surface area (Å²) in [4.78, 5) is 11.6. The van der Waals surface area contributed by atoms with Gasteiger partial charge in [-0.15, -0.1) is 0 Å². The Labute approximate surface area is 135 Å². The lowest BCUT2D eigenvalue weighted by Crippen LogP contribution is -2.57. The molecule has 2 unspecified atom stereocenters. The molecule has 1 aliphatic heterocycles. The van der Waals surface area contributed by atoms with Crippen molar-refractivity contribution in [1.82, 2.24) is 9.62 Å². The first-order chi connectivity index (χ1) is 10.3. The van der Waals surface area contributed by atoms with Crippen LogP contribution in [0.2, 0.25) is 5.02 Å². The number of nitrogens with zero attached hydrogens (tertiary/aromatic N) is 1. The fraction of sp³-hybridized carbons (Fsp3) is 0.500. The molecule has 2 atom stereocenters. The van der Waals surface area contributed by atoms with Crippen molar-refractivity contribution in [2.75, 3.05) is 20.2 Å². The van der Waals surface area contributed by atoms with Crippen LogP contribution in [0.15, 0.2) is 23.1 Å². The molecule has 1 heterocycles. The molecule has 1 fully saturated rings. The summed E-state index contributed by atoms with van der Waals surface area (Å²) in [6.45, 7) is 4.79. The van der Waals surface area contributed by atoms with Gasteiger partial charge in [0.05, 0.1) is 22.6 Å². The molecule has 0 radical (unpaired) electrons. The molecule has 1 saturated heterocycles. The third-order valence-electron chi connectivity index (χ3n) is 3.93. The van der Waals surface area contributed by atoms with Crippen molar-refractivity contribution < 1.29 is 17.9 Å². The number of rotatable bonds is 3. The largest absolute Gasteiger partial charge is 0.465 e. The van der Waals surface area contributed by atoms with Gasteiger partial charge in [-0.1, -0.05) is 11.6 Å². The molecule has 0 bridgehead atoms. The summed E-state index contributed by atoms with van der Waals surface area (Å²) in [6.07, 6.45) is 0. The van der Waals surface area contributed by atoms with E-state index in [1.807, 2.05) is 13.8 Å². The first-order valence-electron chi connectivity index (χ1n) is 6.92. The number of sulfonamides is 1. The molecule has 1 N–H and O–H groups in total. The van der Waals surface area contributed by atoms with Crippen LogP contribution in [-0.4, -0.2) is 51.0 Å². The number of halogens is 1. The first kappa shape index (κ1) is 17.2. The Morgan fingerprint density at radius 1 is 1.41 bits per heavy atom. The van der Waals surface area contributed by atoms with E-state index in [1.165, 1.54) is 29.6 Å². The second-order valence-corrected chi connectivity index (χ2v) is 7.53. The lowest BCUT2D eigenvalue weighted by Gasteiger charge is -2.37. The molecule has 1 aromatic carbocycles. The minimum atomic E-state index is -3.66. The normalized spacial score (nSPS) is 23.3. The Kier molecular flexibility index (Phi) is 5.11. The van der Waals surface area contributed by atoms with Crippen LogP contribution < -0.4 is 5.32 Å². The number of piperazine rings is 1. The van der Waals surface area contributed by atoms with Gasteiger partial charge < -0.3 is 10.1 Å². The van der Waals surface area contributed by atoms with Gasteiger partial charge in [0.15, 0.2) is 0 Å². The van der Waals surface area contributed by atoms with Gasteiger partial charge in [-0.2, -0.15) is 4.31 Å². The van der Waals surface area contributed by atoms with Gasteiger partial charge in [-0.3, -0.25) is 0 Å². The highest BCUT2D eigenvalue weighted by Crippen LogP contribution is 2.26. The summed E-state index contributed by atoms with van der Waals surface area (Å²) in [5, 5.41) is 3.29. The molecule has 1 aliphatic rings. The SMILES string of the molecule is COC(=O)c1ccc(S(=O)(=O)N2CCNC(C)C2C)cc1Cl. The number of hydrogen-bond acceptors (Lipinski definition) is 5. The zero-order valence-corrected chi connectivity index (χ0v) is 14.2. The number of nitrogens with one attached hydrogen (secondary N) is 1. The average molecular weight is 347 g/mol. The minimum Gasteiger partial charge on any atom is -0.465 e. The predicted octanol–water partition coefficient (Wildman–Crippen LogP) is 1.50. The summed E-state index contributed by atoms with van der Waals surface area (Å²) in [7, 11) is -2.42. The molecule has 0 spiro atoms. The molecule has 0 amide bonds. The Balaban J connectivity index is 2.38. The van der Waals surface area contributed by atoms with Gasteiger partial charge in [0.25, 0.3) is 0 Å². The third-order valence-corrected chi connectivity index (χ3v) is 6.22. The monoisotopic (exact) mass is 346 g/mol. The maximum Gasteiger partial charge on any atom is 0.339 e. The highest BCUT2D eigenvalue weighted by Gasteiger charge is 2.34. The van der Waals surface area contributed by atoms with Crippen LogP contribution in [-0.2, 0) is 14.8 Å². The summed E-state index contributed by atoms with van der Waals surface area (Å²) in [5.41, 5.74) is 0.143. The van der Waals surface area contributed by atoms with Crippen LogP contribution in [0.3, 0.4) is 0 Å². The highest BCUT2D eigenvalue weighted by molar-refractivity contribution is 7.89. The maximum absolute atomic E-state index is 12.8. The van der Waals surface area contributed by atoms with E-state index in [4.69, 9.17) is 11.6 Å². The van der Waals surface area contributed by atoms with E-state index >= 15 is 0 Å². The van der Waals surface area contributed by atoms with Crippen molar-refractivity contribution in [3.63, 3.8) is 0 Å². The molecule has 6 nitrogen and oxygen atoms in total. The Hall–Kier alpha value is -1.15. The second kappa shape index (κ2) is 6.54. The lowest BCUT2D eigenvalue weighted by molar-refractivity contribution is 0.0601. The van der Waals surface area contributed by atoms with Crippen LogP contribution in [0.1, 0.15) is 24.2 Å². The smallest absolute Gasteiger partial charge is 0.339 e. The van der Waals surface area contributed by atoms with E-state index in [-0.39, 0.29) is 27.6 Å². The zero-order valence-electron chi connectivity index (χ0n) is 12.7. The molecule has 8 heteroatoms. The molecule has 22 heavy (non-hydrogen) atoms. The Bertz CT molecular complexity index is 677. The lowest BCUT2D eigenvalue weighted by atomic mass is 10.1. The second-order valence-electron chi connectivity index (χ2n) is 5.23. The van der Waals surface area contributed by atoms with Gasteiger partial charge >= 0.3 is 5.97 Å². The number of esters is 1. The van der Waals surface area contributed by atoms with Gasteiger partial charge in [0, 0.05) is 25.2 Å². The quantitative estimate of drug-likeness (QED) is 0.839. The molecule has 122 valence electrons. The van der Waals surface area contributed by atoms with E-state index in [9.17, 15) is 13.2 Å². The van der Waals surface area contributed by atoms with Gasteiger partial charge in [0.2, 0.25) is 10.0 Å². The standard InChI is InChI=1S/C14H19ClN2O4S/c1-9-10(2)17(7-6-16-9)22(19,20)11-4-5-12(13(15)8-11)14(18)21-3/h4-5,8-10,16H,6-7H2,1-3H3. The van der Waals surface area contributed by atoms with E-state index in [2.05, 4.69) is 10.1 Å². The van der Waals surface area contributed by atoms with Gasteiger partial charge in [0.1, 0.15) is 0 Å². The molecular formula is C14H19ClN2O4S. The predicted molar refractivity (Wildman–Crippen MR) is 83.6 cm³/mol. The van der Waals surface area contributed by atoms with Crippen LogP contribution in [0.4, 0.5) is 0 Å². The number of carbonyl (C=O) groups is 1. The molecule has 1 aromatic rings. The fourth-order valence-corrected chi connectivity index (χ4v) is 4.48. The van der Waals surface area contributed by atoms with Crippen molar-refractivity contribution >= 4 is 27.6 Å². The highest BCUT2D eigenvalue weighted by atomic mass is 35.5. The first-order valence-corrected chi connectivity index (χ1v) is 8.74.